The second-order valence-corrected chi connectivity index (χ2v) is 5.10. The SMILES string of the molecule is CCCC(N)C(=O)N(Cc1ccccc1)C(C)CC.Cl. The Morgan fingerprint density at radius 3 is 2.35 bits per heavy atom. The van der Waals surface area contributed by atoms with Crippen LogP contribution >= 0.6 is 12.4 Å². The first-order valence-corrected chi connectivity index (χ1v) is 7.20. The summed E-state index contributed by atoms with van der Waals surface area (Å²) in [5.74, 6) is 0.0695. The molecular weight excluding hydrogens is 272 g/mol. The minimum atomic E-state index is -0.372. The molecule has 3 nitrogen and oxygen atoms in total. The van der Waals surface area contributed by atoms with Crippen LogP contribution < -0.4 is 5.73 Å². The average Bonchev–Trinajstić information content (AvgIpc) is 2.44. The molecule has 0 aliphatic heterocycles. The predicted octanol–water partition coefficient (Wildman–Crippen LogP) is 3.36. The zero-order valence-corrected chi connectivity index (χ0v) is 13.5. The van der Waals surface area contributed by atoms with Gasteiger partial charge >= 0.3 is 0 Å². The fourth-order valence-electron chi connectivity index (χ4n) is 2.10. The molecule has 0 aliphatic carbocycles. The largest absolute Gasteiger partial charge is 0.334 e. The van der Waals surface area contributed by atoms with E-state index in [1.54, 1.807) is 0 Å². The molecule has 0 spiro atoms. The van der Waals surface area contributed by atoms with Gasteiger partial charge in [-0.25, -0.2) is 0 Å². The van der Waals surface area contributed by atoms with Crippen molar-refractivity contribution < 1.29 is 4.79 Å². The van der Waals surface area contributed by atoms with E-state index in [-0.39, 0.29) is 30.4 Å². The van der Waals surface area contributed by atoms with Crippen LogP contribution in [-0.2, 0) is 11.3 Å². The highest BCUT2D eigenvalue weighted by molar-refractivity contribution is 5.85. The number of nitrogens with two attached hydrogens (primary N) is 1. The van der Waals surface area contributed by atoms with Gasteiger partial charge in [-0.15, -0.1) is 12.4 Å². The number of rotatable bonds is 7. The molecule has 0 radical (unpaired) electrons. The van der Waals surface area contributed by atoms with Gasteiger partial charge in [-0.2, -0.15) is 0 Å². The third-order valence-corrected chi connectivity index (χ3v) is 3.52. The Balaban J connectivity index is 0.00000361. The van der Waals surface area contributed by atoms with Crippen LogP contribution in [0.15, 0.2) is 30.3 Å². The molecular formula is C16H27ClN2O. The van der Waals surface area contributed by atoms with Crippen LogP contribution in [0.2, 0.25) is 0 Å². The fourth-order valence-corrected chi connectivity index (χ4v) is 2.10. The number of carbonyl (C=O) groups excluding carboxylic acids is 1. The third-order valence-electron chi connectivity index (χ3n) is 3.52. The molecule has 20 heavy (non-hydrogen) atoms. The topological polar surface area (TPSA) is 46.3 Å². The maximum Gasteiger partial charge on any atom is 0.240 e. The summed E-state index contributed by atoms with van der Waals surface area (Å²) in [6.45, 7) is 6.88. The molecule has 2 unspecified atom stereocenters. The molecule has 0 heterocycles. The van der Waals surface area contributed by atoms with E-state index in [1.807, 2.05) is 35.2 Å². The van der Waals surface area contributed by atoms with Gasteiger partial charge in [0, 0.05) is 12.6 Å². The smallest absolute Gasteiger partial charge is 0.240 e. The highest BCUT2D eigenvalue weighted by Crippen LogP contribution is 2.13. The predicted molar refractivity (Wildman–Crippen MR) is 86.9 cm³/mol. The van der Waals surface area contributed by atoms with Crippen LogP contribution in [-0.4, -0.2) is 22.9 Å². The van der Waals surface area contributed by atoms with E-state index in [4.69, 9.17) is 5.73 Å². The first-order chi connectivity index (χ1) is 9.10. The maximum atomic E-state index is 12.4. The second-order valence-electron chi connectivity index (χ2n) is 5.10. The molecule has 114 valence electrons. The summed E-state index contributed by atoms with van der Waals surface area (Å²) in [7, 11) is 0. The summed E-state index contributed by atoms with van der Waals surface area (Å²) < 4.78 is 0. The number of benzene rings is 1. The molecule has 0 saturated heterocycles. The fraction of sp³-hybridized carbons (Fsp3) is 0.562. The highest BCUT2D eigenvalue weighted by Gasteiger charge is 2.23. The molecule has 0 fully saturated rings. The van der Waals surface area contributed by atoms with Gasteiger partial charge in [0.15, 0.2) is 0 Å². The zero-order chi connectivity index (χ0) is 14.3. The first-order valence-electron chi connectivity index (χ1n) is 7.20. The van der Waals surface area contributed by atoms with Crippen molar-refractivity contribution in [1.82, 2.24) is 4.90 Å². The number of halogens is 1. The van der Waals surface area contributed by atoms with E-state index in [2.05, 4.69) is 20.8 Å². The third kappa shape index (κ3) is 5.51. The van der Waals surface area contributed by atoms with Crippen LogP contribution in [0.1, 0.15) is 45.6 Å². The van der Waals surface area contributed by atoms with Crippen LogP contribution in [0.3, 0.4) is 0 Å². The molecule has 1 aromatic rings. The number of nitrogens with zero attached hydrogens (tertiary/aromatic N) is 1. The molecule has 2 atom stereocenters. The normalized spacial score (nSPS) is 13.2. The standard InChI is InChI=1S/C16H26N2O.ClH/c1-4-9-15(17)16(19)18(13(3)5-2)12-14-10-7-6-8-11-14;/h6-8,10-11,13,15H,4-5,9,12,17H2,1-3H3;1H. The Bertz CT molecular complexity index is 383. The summed E-state index contributed by atoms with van der Waals surface area (Å²) in [5.41, 5.74) is 7.14. The summed E-state index contributed by atoms with van der Waals surface area (Å²) in [6, 6.07) is 9.93. The molecule has 0 aliphatic rings. The Morgan fingerprint density at radius 2 is 1.85 bits per heavy atom. The van der Waals surface area contributed by atoms with Crippen molar-refractivity contribution in [3.8, 4) is 0 Å². The van der Waals surface area contributed by atoms with Crippen LogP contribution in [0, 0.1) is 0 Å². The van der Waals surface area contributed by atoms with Crippen LogP contribution in [0.5, 0.6) is 0 Å². The molecule has 1 aromatic carbocycles. The lowest BCUT2D eigenvalue weighted by atomic mass is 10.1. The lowest BCUT2D eigenvalue weighted by Crippen LogP contribution is -2.47. The molecule has 1 amide bonds. The molecule has 2 N–H and O–H groups in total. The minimum Gasteiger partial charge on any atom is -0.334 e. The lowest BCUT2D eigenvalue weighted by molar-refractivity contribution is -0.135. The van der Waals surface area contributed by atoms with Gasteiger partial charge in [-0.3, -0.25) is 4.79 Å². The quantitative estimate of drug-likeness (QED) is 0.839. The number of hydrogen-bond acceptors (Lipinski definition) is 2. The first kappa shape index (κ1) is 18.9. The maximum absolute atomic E-state index is 12.4. The summed E-state index contributed by atoms with van der Waals surface area (Å²) in [5, 5.41) is 0. The number of amides is 1. The van der Waals surface area contributed by atoms with Gasteiger partial charge in [0.2, 0.25) is 5.91 Å². The number of carbonyl (C=O) groups is 1. The monoisotopic (exact) mass is 298 g/mol. The average molecular weight is 299 g/mol. The van der Waals surface area contributed by atoms with Gasteiger partial charge in [0.25, 0.3) is 0 Å². The minimum absolute atomic E-state index is 0. The van der Waals surface area contributed by atoms with Crippen molar-refractivity contribution in [2.24, 2.45) is 5.73 Å². The van der Waals surface area contributed by atoms with Crippen molar-refractivity contribution in [2.45, 2.75) is 58.7 Å². The Kier molecular flexibility index (Phi) is 9.26. The second kappa shape index (κ2) is 9.78. The Morgan fingerprint density at radius 1 is 1.25 bits per heavy atom. The zero-order valence-electron chi connectivity index (χ0n) is 12.7. The summed E-state index contributed by atoms with van der Waals surface area (Å²) in [4.78, 5) is 14.4. The van der Waals surface area contributed by atoms with Crippen molar-refractivity contribution in [3.05, 3.63) is 35.9 Å². The molecule has 4 heteroatoms. The van der Waals surface area contributed by atoms with Gasteiger partial charge in [0.05, 0.1) is 6.04 Å². The number of hydrogen-bond donors (Lipinski definition) is 1. The van der Waals surface area contributed by atoms with Crippen molar-refractivity contribution >= 4 is 18.3 Å². The van der Waals surface area contributed by atoms with E-state index in [0.717, 1.165) is 24.8 Å². The molecule has 0 saturated carbocycles. The summed E-state index contributed by atoms with van der Waals surface area (Å²) in [6.07, 6.45) is 2.63. The van der Waals surface area contributed by atoms with Gasteiger partial charge in [0.1, 0.15) is 0 Å². The van der Waals surface area contributed by atoms with Crippen molar-refractivity contribution in [3.63, 3.8) is 0 Å². The van der Waals surface area contributed by atoms with Gasteiger partial charge in [-0.1, -0.05) is 50.6 Å². The van der Waals surface area contributed by atoms with E-state index in [1.165, 1.54) is 0 Å². The van der Waals surface area contributed by atoms with E-state index >= 15 is 0 Å². The Hall–Kier alpha value is -1.06. The molecule has 1 rings (SSSR count). The van der Waals surface area contributed by atoms with E-state index in [0.29, 0.717) is 6.54 Å². The highest BCUT2D eigenvalue weighted by atomic mass is 35.5. The molecule has 0 bridgehead atoms. The lowest BCUT2D eigenvalue weighted by Gasteiger charge is -2.31. The molecule has 0 aromatic heterocycles. The van der Waals surface area contributed by atoms with Crippen LogP contribution in [0.25, 0.3) is 0 Å². The van der Waals surface area contributed by atoms with Crippen molar-refractivity contribution in [2.75, 3.05) is 0 Å². The van der Waals surface area contributed by atoms with E-state index in [9.17, 15) is 4.79 Å². The van der Waals surface area contributed by atoms with E-state index < -0.39 is 0 Å². The van der Waals surface area contributed by atoms with Gasteiger partial charge < -0.3 is 10.6 Å². The van der Waals surface area contributed by atoms with Gasteiger partial charge in [-0.05, 0) is 25.3 Å². The Labute approximate surface area is 128 Å². The van der Waals surface area contributed by atoms with Crippen LogP contribution in [0.4, 0.5) is 0 Å². The summed E-state index contributed by atoms with van der Waals surface area (Å²) >= 11 is 0. The van der Waals surface area contributed by atoms with Crippen molar-refractivity contribution in [1.29, 1.82) is 0 Å².